The predicted molar refractivity (Wildman–Crippen MR) is 99.6 cm³/mol. The number of benzene rings is 2. The molecule has 1 amide bonds. The predicted octanol–water partition coefficient (Wildman–Crippen LogP) is 4.17. The SMILES string of the molecule is CC(OC(=O)c1ccc(S(=O)(=O)C(F)F)cc1)C(=O)Nc1cc(Cl)cc(Cl)c1. The van der Waals surface area contributed by atoms with Crippen molar-refractivity contribution in [1.82, 2.24) is 0 Å². The van der Waals surface area contributed by atoms with Crippen molar-refractivity contribution >= 4 is 50.6 Å². The third-order valence-electron chi connectivity index (χ3n) is 3.44. The maximum Gasteiger partial charge on any atom is 0.341 e. The third kappa shape index (κ3) is 5.40. The summed E-state index contributed by atoms with van der Waals surface area (Å²) in [6, 6.07) is 8.11. The summed E-state index contributed by atoms with van der Waals surface area (Å²) in [5.41, 5.74) is 0.186. The Balaban J connectivity index is 2.04. The monoisotopic (exact) mass is 451 g/mol. The van der Waals surface area contributed by atoms with E-state index in [1.165, 1.54) is 25.1 Å². The van der Waals surface area contributed by atoms with Crippen molar-refractivity contribution in [2.24, 2.45) is 0 Å². The van der Waals surface area contributed by atoms with Crippen molar-refractivity contribution in [2.45, 2.75) is 23.7 Å². The molecule has 0 fully saturated rings. The molecule has 0 bridgehead atoms. The van der Waals surface area contributed by atoms with Gasteiger partial charge in [-0.15, -0.1) is 0 Å². The molecule has 2 aromatic carbocycles. The number of carbonyl (C=O) groups excluding carboxylic acids is 2. The van der Waals surface area contributed by atoms with Gasteiger partial charge in [-0.1, -0.05) is 23.2 Å². The fourth-order valence-electron chi connectivity index (χ4n) is 2.04. The molecule has 150 valence electrons. The maximum atomic E-state index is 12.5. The molecule has 0 heterocycles. The van der Waals surface area contributed by atoms with Crippen LogP contribution in [0.5, 0.6) is 0 Å². The summed E-state index contributed by atoms with van der Waals surface area (Å²) in [5.74, 6) is -5.18. The Morgan fingerprint density at radius 2 is 1.57 bits per heavy atom. The molecule has 6 nitrogen and oxygen atoms in total. The van der Waals surface area contributed by atoms with Crippen LogP contribution in [0.25, 0.3) is 0 Å². The quantitative estimate of drug-likeness (QED) is 0.665. The maximum absolute atomic E-state index is 12.5. The highest BCUT2D eigenvalue weighted by atomic mass is 35.5. The molecule has 0 spiro atoms. The molecule has 11 heteroatoms. The second-order valence-electron chi connectivity index (χ2n) is 5.52. The van der Waals surface area contributed by atoms with Gasteiger partial charge in [0.25, 0.3) is 5.91 Å². The van der Waals surface area contributed by atoms with Gasteiger partial charge in [0.1, 0.15) is 0 Å². The Kier molecular flexibility index (Phi) is 6.97. The van der Waals surface area contributed by atoms with Gasteiger partial charge in [-0.25, -0.2) is 13.2 Å². The minimum Gasteiger partial charge on any atom is -0.449 e. The summed E-state index contributed by atoms with van der Waals surface area (Å²) >= 11 is 11.7. The van der Waals surface area contributed by atoms with Gasteiger partial charge in [0, 0.05) is 15.7 Å². The number of amides is 1. The fraction of sp³-hybridized carbons (Fsp3) is 0.176. The van der Waals surface area contributed by atoms with Crippen LogP contribution in [-0.2, 0) is 19.4 Å². The number of anilines is 1. The Morgan fingerprint density at radius 3 is 2.07 bits per heavy atom. The van der Waals surface area contributed by atoms with Gasteiger partial charge in [-0.05, 0) is 49.4 Å². The normalized spacial score (nSPS) is 12.5. The molecule has 2 aromatic rings. The largest absolute Gasteiger partial charge is 0.449 e. The summed E-state index contributed by atoms with van der Waals surface area (Å²) < 4.78 is 52.7. The van der Waals surface area contributed by atoms with Gasteiger partial charge >= 0.3 is 11.7 Å². The van der Waals surface area contributed by atoms with E-state index >= 15 is 0 Å². The van der Waals surface area contributed by atoms with Crippen molar-refractivity contribution in [3.63, 3.8) is 0 Å². The van der Waals surface area contributed by atoms with Crippen LogP contribution in [0.15, 0.2) is 47.4 Å². The van der Waals surface area contributed by atoms with E-state index in [9.17, 15) is 26.8 Å². The van der Waals surface area contributed by atoms with Crippen molar-refractivity contribution in [3.8, 4) is 0 Å². The highest BCUT2D eigenvalue weighted by Gasteiger charge is 2.27. The van der Waals surface area contributed by atoms with Crippen molar-refractivity contribution < 1.29 is 31.5 Å². The van der Waals surface area contributed by atoms with Crippen LogP contribution in [0.1, 0.15) is 17.3 Å². The molecule has 28 heavy (non-hydrogen) atoms. The van der Waals surface area contributed by atoms with Gasteiger partial charge in [-0.2, -0.15) is 8.78 Å². The van der Waals surface area contributed by atoms with E-state index in [1.807, 2.05) is 0 Å². The van der Waals surface area contributed by atoms with E-state index < -0.39 is 38.5 Å². The van der Waals surface area contributed by atoms with E-state index in [4.69, 9.17) is 27.9 Å². The van der Waals surface area contributed by atoms with Gasteiger partial charge in [0.15, 0.2) is 6.10 Å². The summed E-state index contributed by atoms with van der Waals surface area (Å²) in [4.78, 5) is 23.6. The number of alkyl halides is 2. The number of rotatable bonds is 6. The van der Waals surface area contributed by atoms with Crippen LogP contribution in [0, 0.1) is 0 Å². The Bertz CT molecular complexity index is 977. The van der Waals surface area contributed by atoms with Gasteiger partial charge < -0.3 is 10.1 Å². The van der Waals surface area contributed by atoms with Crippen LogP contribution in [0.3, 0.4) is 0 Å². The second kappa shape index (κ2) is 8.85. The molecule has 0 aliphatic carbocycles. The lowest BCUT2D eigenvalue weighted by molar-refractivity contribution is -0.123. The molecule has 2 rings (SSSR count). The first-order chi connectivity index (χ1) is 13.0. The molecular formula is C17H13Cl2F2NO5S. The number of hydrogen-bond acceptors (Lipinski definition) is 5. The minimum atomic E-state index is -4.77. The average molecular weight is 452 g/mol. The van der Waals surface area contributed by atoms with Crippen LogP contribution >= 0.6 is 23.2 Å². The summed E-state index contributed by atoms with van der Waals surface area (Å²) in [7, 11) is -4.77. The molecule has 1 unspecified atom stereocenters. The molecule has 0 radical (unpaired) electrons. The Morgan fingerprint density at radius 1 is 1.04 bits per heavy atom. The van der Waals surface area contributed by atoms with E-state index in [1.54, 1.807) is 0 Å². The van der Waals surface area contributed by atoms with Gasteiger partial charge in [0.2, 0.25) is 9.84 Å². The van der Waals surface area contributed by atoms with Crippen LogP contribution in [0.2, 0.25) is 10.0 Å². The minimum absolute atomic E-state index is 0.112. The number of hydrogen-bond donors (Lipinski definition) is 1. The number of ether oxygens (including phenoxy) is 1. The summed E-state index contributed by atoms with van der Waals surface area (Å²) in [6.07, 6.45) is -1.21. The summed E-state index contributed by atoms with van der Waals surface area (Å²) in [6.45, 7) is 1.31. The first-order valence-electron chi connectivity index (χ1n) is 7.61. The number of esters is 1. The first-order valence-corrected chi connectivity index (χ1v) is 9.91. The van der Waals surface area contributed by atoms with Crippen LogP contribution < -0.4 is 5.32 Å². The van der Waals surface area contributed by atoms with Gasteiger partial charge in [-0.3, -0.25) is 4.79 Å². The number of halogens is 4. The summed E-state index contributed by atoms with van der Waals surface area (Å²) in [5, 5.41) is 3.07. The van der Waals surface area contributed by atoms with E-state index in [2.05, 4.69) is 5.32 Å². The van der Waals surface area contributed by atoms with Crippen molar-refractivity contribution in [2.75, 3.05) is 5.32 Å². The molecule has 1 atom stereocenters. The lowest BCUT2D eigenvalue weighted by Crippen LogP contribution is -2.30. The second-order valence-corrected chi connectivity index (χ2v) is 8.32. The highest BCUT2D eigenvalue weighted by Crippen LogP contribution is 2.23. The number of sulfone groups is 1. The zero-order valence-electron chi connectivity index (χ0n) is 14.2. The fourth-order valence-corrected chi connectivity index (χ4v) is 3.28. The molecule has 0 aliphatic heterocycles. The van der Waals surface area contributed by atoms with E-state index in [0.717, 1.165) is 24.3 Å². The lowest BCUT2D eigenvalue weighted by atomic mass is 10.2. The molecule has 1 N–H and O–H groups in total. The number of nitrogens with one attached hydrogen (secondary N) is 1. The van der Waals surface area contributed by atoms with E-state index in [-0.39, 0.29) is 5.56 Å². The standard InChI is InChI=1S/C17H13Cl2F2NO5S/c1-9(15(23)22-13-7-11(18)6-12(19)8-13)27-16(24)10-2-4-14(5-3-10)28(25,26)17(20)21/h2-9,17H,1H3,(H,22,23). The Hall–Kier alpha value is -2.23. The van der Waals surface area contributed by atoms with Gasteiger partial charge in [0.05, 0.1) is 10.5 Å². The third-order valence-corrected chi connectivity index (χ3v) is 5.27. The molecule has 0 saturated carbocycles. The molecule has 0 aromatic heterocycles. The van der Waals surface area contributed by atoms with Crippen molar-refractivity contribution in [3.05, 3.63) is 58.1 Å². The van der Waals surface area contributed by atoms with Crippen LogP contribution in [0.4, 0.5) is 14.5 Å². The smallest absolute Gasteiger partial charge is 0.341 e. The van der Waals surface area contributed by atoms with E-state index in [0.29, 0.717) is 15.7 Å². The molecular weight excluding hydrogens is 439 g/mol. The van der Waals surface area contributed by atoms with Crippen molar-refractivity contribution in [1.29, 1.82) is 0 Å². The first kappa shape index (κ1) is 22.1. The topological polar surface area (TPSA) is 89.5 Å². The van der Waals surface area contributed by atoms with Crippen LogP contribution in [-0.4, -0.2) is 32.2 Å². The zero-order valence-corrected chi connectivity index (χ0v) is 16.5. The zero-order chi connectivity index (χ0) is 21.1. The lowest BCUT2D eigenvalue weighted by Gasteiger charge is -2.14. The number of carbonyl (C=O) groups is 2. The average Bonchev–Trinajstić information content (AvgIpc) is 2.60. The highest BCUT2D eigenvalue weighted by molar-refractivity contribution is 7.91. The Labute approximate surface area is 169 Å². The molecule has 0 saturated heterocycles. The molecule has 0 aliphatic rings.